The number of aromatic nitrogens is 1. The van der Waals surface area contributed by atoms with Crippen LogP contribution in [0.5, 0.6) is 11.5 Å². The molecule has 146 valence electrons. The third-order valence-corrected chi connectivity index (χ3v) is 5.05. The first-order valence-electron chi connectivity index (χ1n) is 9.30. The van der Waals surface area contributed by atoms with Gasteiger partial charge in [0.15, 0.2) is 11.5 Å². The molecular formula is C22H24N2O3S. The third kappa shape index (κ3) is 5.10. The number of rotatable bonds is 9. The van der Waals surface area contributed by atoms with Crippen LogP contribution in [-0.4, -0.2) is 24.6 Å². The summed E-state index contributed by atoms with van der Waals surface area (Å²) in [4.78, 5) is 17.1. The number of unbranched alkanes of at least 4 members (excludes halogenated alkanes) is 1. The van der Waals surface area contributed by atoms with Crippen molar-refractivity contribution in [3.63, 3.8) is 0 Å². The number of nitrogens with one attached hydrogen (secondary N) is 1. The molecule has 3 rings (SSSR count). The Labute approximate surface area is 169 Å². The molecule has 1 aromatic heterocycles. The molecule has 0 fully saturated rings. The van der Waals surface area contributed by atoms with Crippen LogP contribution in [0.15, 0.2) is 53.9 Å². The zero-order valence-electron chi connectivity index (χ0n) is 16.1. The molecule has 0 saturated heterocycles. The van der Waals surface area contributed by atoms with Crippen LogP contribution in [0, 0.1) is 0 Å². The van der Waals surface area contributed by atoms with Gasteiger partial charge in [-0.2, -0.15) is 0 Å². The van der Waals surface area contributed by atoms with Crippen molar-refractivity contribution in [2.24, 2.45) is 0 Å². The number of nitrogens with zero attached hydrogens (tertiary/aromatic N) is 1. The Bertz CT molecular complexity index is 909. The van der Waals surface area contributed by atoms with E-state index in [9.17, 15) is 4.79 Å². The van der Waals surface area contributed by atoms with Gasteiger partial charge in [0.25, 0.3) is 5.91 Å². The number of hydrogen-bond acceptors (Lipinski definition) is 5. The third-order valence-electron chi connectivity index (χ3n) is 4.20. The summed E-state index contributed by atoms with van der Waals surface area (Å²) in [6, 6.07) is 15.2. The van der Waals surface area contributed by atoms with Crippen molar-refractivity contribution in [3.05, 3.63) is 64.5 Å². The molecule has 3 aromatic rings. The molecule has 28 heavy (non-hydrogen) atoms. The molecule has 1 N–H and O–H groups in total. The monoisotopic (exact) mass is 396 g/mol. The molecule has 0 bridgehead atoms. The fraction of sp³-hybridized carbons (Fsp3) is 0.273. The zero-order valence-corrected chi connectivity index (χ0v) is 16.9. The highest BCUT2D eigenvalue weighted by atomic mass is 32.1. The molecule has 0 aliphatic heterocycles. The lowest BCUT2D eigenvalue weighted by atomic mass is 10.2. The predicted octanol–water partition coefficient (Wildman–Crippen LogP) is 4.93. The number of hydrogen-bond donors (Lipinski definition) is 1. The van der Waals surface area contributed by atoms with Crippen LogP contribution in [0.25, 0.3) is 11.3 Å². The topological polar surface area (TPSA) is 60.5 Å². The summed E-state index contributed by atoms with van der Waals surface area (Å²) in [5.74, 6) is 1.04. The van der Waals surface area contributed by atoms with Gasteiger partial charge in [0, 0.05) is 16.5 Å². The van der Waals surface area contributed by atoms with E-state index in [1.165, 1.54) is 11.3 Å². The van der Waals surface area contributed by atoms with Crippen molar-refractivity contribution < 1.29 is 14.3 Å². The van der Waals surface area contributed by atoms with Crippen molar-refractivity contribution in [1.82, 2.24) is 10.3 Å². The van der Waals surface area contributed by atoms with Crippen LogP contribution in [0.1, 0.15) is 35.1 Å². The van der Waals surface area contributed by atoms with E-state index in [4.69, 9.17) is 9.47 Å². The van der Waals surface area contributed by atoms with Gasteiger partial charge in [-0.05, 0) is 24.6 Å². The number of amides is 1. The van der Waals surface area contributed by atoms with Gasteiger partial charge in [-0.3, -0.25) is 4.79 Å². The summed E-state index contributed by atoms with van der Waals surface area (Å²) in [5.41, 5.74) is 2.52. The number of benzene rings is 2. The Morgan fingerprint density at radius 1 is 1.14 bits per heavy atom. The van der Waals surface area contributed by atoms with Crippen LogP contribution >= 0.6 is 11.3 Å². The Hall–Kier alpha value is -2.86. The SMILES string of the molecule is CCCCOc1ccc(C(=O)NCc2nc(-c3ccccc3)cs2)cc1OC. The highest BCUT2D eigenvalue weighted by molar-refractivity contribution is 7.09. The van der Waals surface area contributed by atoms with E-state index < -0.39 is 0 Å². The van der Waals surface area contributed by atoms with Gasteiger partial charge in [-0.25, -0.2) is 4.98 Å². The second-order valence-corrected chi connectivity index (χ2v) is 7.19. The fourth-order valence-corrected chi connectivity index (χ4v) is 3.39. The average Bonchev–Trinajstić information content (AvgIpc) is 3.22. The maximum atomic E-state index is 12.5. The molecule has 0 radical (unpaired) electrons. The van der Waals surface area contributed by atoms with Crippen molar-refractivity contribution in [2.45, 2.75) is 26.3 Å². The largest absolute Gasteiger partial charge is 0.493 e. The molecule has 0 saturated carbocycles. The van der Waals surface area contributed by atoms with Gasteiger partial charge in [0.05, 0.1) is 26.0 Å². The molecule has 0 aliphatic carbocycles. The first-order valence-corrected chi connectivity index (χ1v) is 10.2. The van der Waals surface area contributed by atoms with Gasteiger partial charge in [0.1, 0.15) is 5.01 Å². The minimum Gasteiger partial charge on any atom is -0.493 e. The highest BCUT2D eigenvalue weighted by Crippen LogP contribution is 2.28. The quantitative estimate of drug-likeness (QED) is 0.521. The van der Waals surface area contributed by atoms with E-state index in [0.29, 0.717) is 30.2 Å². The molecule has 5 nitrogen and oxygen atoms in total. The summed E-state index contributed by atoms with van der Waals surface area (Å²) in [5, 5.41) is 5.78. The van der Waals surface area contributed by atoms with Gasteiger partial charge < -0.3 is 14.8 Å². The lowest BCUT2D eigenvalue weighted by Crippen LogP contribution is -2.22. The normalized spacial score (nSPS) is 10.5. The number of carbonyl (C=O) groups is 1. The molecule has 0 spiro atoms. The van der Waals surface area contributed by atoms with E-state index in [2.05, 4.69) is 17.2 Å². The second kappa shape index (κ2) is 9.90. The predicted molar refractivity (Wildman–Crippen MR) is 112 cm³/mol. The van der Waals surface area contributed by atoms with Crippen molar-refractivity contribution in [3.8, 4) is 22.8 Å². The summed E-state index contributed by atoms with van der Waals surface area (Å²) in [7, 11) is 1.57. The highest BCUT2D eigenvalue weighted by Gasteiger charge is 2.12. The summed E-state index contributed by atoms with van der Waals surface area (Å²) >= 11 is 1.53. The van der Waals surface area contributed by atoms with Gasteiger partial charge in [-0.1, -0.05) is 43.7 Å². The average molecular weight is 397 g/mol. The van der Waals surface area contributed by atoms with Crippen LogP contribution in [0.4, 0.5) is 0 Å². The standard InChI is InChI=1S/C22H24N2O3S/c1-3-4-12-27-19-11-10-17(13-20(19)26-2)22(25)23-14-21-24-18(15-28-21)16-8-6-5-7-9-16/h5-11,13,15H,3-4,12,14H2,1-2H3,(H,23,25). The molecule has 2 aromatic carbocycles. The van der Waals surface area contributed by atoms with Crippen LogP contribution in [-0.2, 0) is 6.54 Å². The maximum absolute atomic E-state index is 12.5. The van der Waals surface area contributed by atoms with Gasteiger partial charge >= 0.3 is 0 Å². The van der Waals surface area contributed by atoms with Gasteiger partial charge in [-0.15, -0.1) is 11.3 Å². The van der Waals surface area contributed by atoms with E-state index in [0.717, 1.165) is 29.1 Å². The van der Waals surface area contributed by atoms with Gasteiger partial charge in [0.2, 0.25) is 0 Å². The minimum absolute atomic E-state index is 0.171. The molecular weight excluding hydrogens is 372 g/mol. The molecule has 0 aliphatic rings. The number of ether oxygens (including phenoxy) is 2. The Morgan fingerprint density at radius 3 is 2.71 bits per heavy atom. The molecule has 6 heteroatoms. The van der Waals surface area contributed by atoms with E-state index in [1.54, 1.807) is 25.3 Å². The Kier molecular flexibility index (Phi) is 7.03. The van der Waals surface area contributed by atoms with Crippen LogP contribution in [0.2, 0.25) is 0 Å². The Balaban J connectivity index is 1.61. The molecule has 1 heterocycles. The summed E-state index contributed by atoms with van der Waals surface area (Å²) < 4.78 is 11.1. The maximum Gasteiger partial charge on any atom is 0.251 e. The van der Waals surface area contributed by atoms with Crippen molar-refractivity contribution in [1.29, 1.82) is 0 Å². The van der Waals surface area contributed by atoms with Crippen molar-refractivity contribution in [2.75, 3.05) is 13.7 Å². The van der Waals surface area contributed by atoms with Crippen LogP contribution < -0.4 is 14.8 Å². The molecule has 0 unspecified atom stereocenters. The van der Waals surface area contributed by atoms with E-state index in [1.807, 2.05) is 35.7 Å². The van der Waals surface area contributed by atoms with E-state index >= 15 is 0 Å². The lowest BCUT2D eigenvalue weighted by Gasteiger charge is -2.12. The summed E-state index contributed by atoms with van der Waals surface area (Å²) in [6.07, 6.45) is 2.04. The fourth-order valence-electron chi connectivity index (χ4n) is 2.65. The minimum atomic E-state index is -0.171. The lowest BCUT2D eigenvalue weighted by molar-refractivity contribution is 0.0950. The van der Waals surface area contributed by atoms with Crippen LogP contribution in [0.3, 0.4) is 0 Å². The van der Waals surface area contributed by atoms with Crippen molar-refractivity contribution >= 4 is 17.2 Å². The zero-order chi connectivity index (χ0) is 19.8. The molecule has 0 atom stereocenters. The smallest absolute Gasteiger partial charge is 0.251 e. The number of thiazole rings is 1. The first-order chi connectivity index (χ1) is 13.7. The summed E-state index contributed by atoms with van der Waals surface area (Å²) in [6.45, 7) is 3.12. The van der Waals surface area contributed by atoms with E-state index in [-0.39, 0.29) is 5.91 Å². The Morgan fingerprint density at radius 2 is 1.96 bits per heavy atom. The number of methoxy groups -OCH3 is 1. The first kappa shape index (κ1) is 19.9. The second-order valence-electron chi connectivity index (χ2n) is 6.24. The molecule has 1 amide bonds. The number of carbonyl (C=O) groups excluding carboxylic acids is 1.